The first-order valence-corrected chi connectivity index (χ1v) is 7.69. The first-order valence-electron chi connectivity index (χ1n) is 7.69. The van der Waals surface area contributed by atoms with Gasteiger partial charge in [-0.2, -0.15) is 0 Å². The highest BCUT2D eigenvalue weighted by atomic mass is 16.7. The molecule has 0 aliphatic carbocycles. The molecule has 0 bridgehead atoms. The minimum atomic E-state index is 0.351. The van der Waals surface area contributed by atoms with Crippen molar-refractivity contribution >= 4 is 0 Å². The first-order chi connectivity index (χ1) is 9.54. The van der Waals surface area contributed by atoms with Crippen LogP contribution in [0.1, 0.15) is 46.1 Å². The highest BCUT2D eigenvalue weighted by Gasteiger charge is 2.14. The van der Waals surface area contributed by atoms with Crippen LogP contribution in [-0.2, 0) is 6.42 Å². The minimum Gasteiger partial charge on any atom is -0.454 e. The Morgan fingerprint density at radius 3 is 2.55 bits per heavy atom. The average Bonchev–Trinajstić information content (AvgIpc) is 2.82. The number of rotatable bonds is 7. The van der Waals surface area contributed by atoms with Gasteiger partial charge in [0.2, 0.25) is 6.79 Å². The summed E-state index contributed by atoms with van der Waals surface area (Å²) in [5, 5.41) is 3.68. The Balaban J connectivity index is 1.77. The molecule has 0 saturated carbocycles. The van der Waals surface area contributed by atoms with Gasteiger partial charge in [0.1, 0.15) is 0 Å². The summed E-state index contributed by atoms with van der Waals surface area (Å²) in [6.45, 7) is 9.44. The van der Waals surface area contributed by atoms with Gasteiger partial charge in [0, 0.05) is 12.1 Å². The molecule has 1 heterocycles. The van der Waals surface area contributed by atoms with E-state index in [-0.39, 0.29) is 0 Å². The van der Waals surface area contributed by atoms with E-state index in [1.54, 1.807) is 0 Å². The summed E-state index contributed by atoms with van der Waals surface area (Å²) < 4.78 is 10.8. The molecule has 2 atom stereocenters. The van der Waals surface area contributed by atoms with Gasteiger partial charge in [-0.3, -0.25) is 0 Å². The quantitative estimate of drug-likeness (QED) is 0.823. The van der Waals surface area contributed by atoms with Crippen LogP contribution >= 0.6 is 0 Å². The lowest BCUT2D eigenvalue weighted by atomic mass is 10.0. The van der Waals surface area contributed by atoms with Gasteiger partial charge in [0.15, 0.2) is 11.5 Å². The summed E-state index contributed by atoms with van der Waals surface area (Å²) in [6.07, 6.45) is 3.44. The van der Waals surface area contributed by atoms with Crippen molar-refractivity contribution in [2.75, 3.05) is 6.79 Å². The second-order valence-corrected chi connectivity index (χ2v) is 6.32. The summed E-state index contributed by atoms with van der Waals surface area (Å²) in [5.74, 6) is 2.50. The van der Waals surface area contributed by atoms with E-state index in [1.165, 1.54) is 12.0 Å². The maximum atomic E-state index is 5.42. The van der Waals surface area contributed by atoms with Gasteiger partial charge in [0.05, 0.1) is 0 Å². The lowest BCUT2D eigenvalue weighted by molar-refractivity contribution is 0.174. The highest BCUT2D eigenvalue weighted by molar-refractivity contribution is 5.44. The second-order valence-electron chi connectivity index (χ2n) is 6.32. The number of hydrogen-bond acceptors (Lipinski definition) is 3. The third-order valence-electron chi connectivity index (χ3n) is 3.70. The average molecular weight is 277 g/mol. The molecule has 1 aliphatic heterocycles. The fourth-order valence-corrected chi connectivity index (χ4v) is 2.82. The van der Waals surface area contributed by atoms with Crippen LogP contribution < -0.4 is 14.8 Å². The summed E-state index contributed by atoms with van der Waals surface area (Å²) in [6, 6.07) is 7.37. The number of nitrogens with one attached hydrogen (secondary N) is 1. The molecular formula is C17H27NO2. The van der Waals surface area contributed by atoms with Crippen molar-refractivity contribution in [2.45, 2.75) is 59.0 Å². The lowest BCUT2D eigenvalue weighted by Crippen LogP contribution is -2.35. The van der Waals surface area contributed by atoms with Crippen LogP contribution in [0.4, 0.5) is 0 Å². The fraction of sp³-hybridized carbons (Fsp3) is 0.647. The molecule has 3 heteroatoms. The number of ether oxygens (including phenoxy) is 2. The molecule has 2 unspecified atom stereocenters. The van der Waals surface area contributed by atoms with Crippen molar-refractivity contribution in [3.63, 3.8) is 0 Å². The van der Waals surface area contributed by atoms with Crippen LogP contribution in [0.25, 0.3) is 0 Å². The smallest absolute Gasteiger partial charge is 0.231 e. The first kappa shape index (κ1) is 15.2. The van der Waals surface area contributed by atoms with Crippen LogP contribution in [0.2, 0.25) is 0 Å². The van der Waals surface area contributed by atoms with E-state index in [0.29, 0.717) is 18.9 Å². The molecule has 112 valence electrons. The number of benzene rings is 1. The molecule has 1 aromatic carbocycles. The molecule has 1 aromatic rings. The second kappa shape index (κ2) is 6.98. The van der Waals surface area contributed by atoms with Gasteiger partial charge in [0.25, 0.3) is 0 Å². The zero-order chi connectivity index (χ0) is 14.5. The molecule has 20 heavy (non-hydrogen) atoms. The Bertz CT molecular complexity index is 431. The van der Waals surface area contributed by atoms with E-state index in [2.05, 4.69) is 45.1 Å². The molecule has 0 aromatic heterocycles. The van der Waals surface area contributed by atoms with Crippen LogP contribution in [0, 0.1) is 5.92 Å². The molecular weight excluding hydrogens is 250 g/mol. The van der Waals surface area contributed by atoms with Gasteiger partial charge in [-0.1, -0.05) is 19.9 Å². The van der Waals surface area contributed by atoms with Crippen LogP contribution in [-0.4, -0.2) is 18.9 Å². The zero-order valence-electron chi connectivity index (χ0n) is 13.1. The van der Waals surface area contributed by atoms with Crippen LogP contribution in [0.15, 0.2) is 18.2 Å². The van der Waals surface area contributed by atoms with E-state index in [1.807, 2.05) is 6.07 Å². The van der Waals surface area contributed by atoms with Gasteiger partial charge >= 0.3 is 0 Å². The fourth-order valence-electron chi connectivity index (χ4n) is 2.82. The molecule has 0 spiro atoms. The normalized spacial score (nSPS) is 16.4. The van der Waals surface area contributed by atoms with Crippen molar-refractivity contribution in [1.82, 2.24) is 5.32 Å². The summed E-state index contributed by atoms with van der Waals surface area (Å²) >= 11 is 0. The van der Waals surface area contributed by atoms with E-state index in [0.717, 1.165) is 30.3 Å². The van der Waals surface area contributed by atoms with Crippen molar-refractivity contribution in [2.24, 2.45) is 5.92 Å². The van der Waals surface area contributed by atoms with Gasteiger partial charge in [-0.15, -0.1) is 0 Å². The van der Waals surface area contributed by atoms with E-state index < -0.39 is 0 Å². The Hall–Kier alpha value is -1.22. The predicted octanol–water partition coefficient (Wildman–Crippen LogP) is 3.76. The van der Waals surface area contributed by atoms with Crippen molar-refractivity contribution in [3.8, 4) is 11.5 Å². The highest BCUT2D eigenvalue weighted by Crippen LogP contribution is 2.32. The SMILES string of the molecule is CC(C)CC(C)NC(C)CCc1ccc2c(c1)OCO2. The Labute approximate surface area is 122 Å². The molecule has 1 aliphatic rings. The van der Waals surface area contributed by atoms with E-state index in [9.17, 15) is 0 Å². The predicted molar refractivity (Wildman–Crippen MR) is 82.4 cm³/mol. The molecule has 3 nitrogen and oxygen atoms in total. The molecule has 0 amide bonds. The Morgan fingerprint density at radius 2 is 1.80 bits per heavy atom. The van der Waals surface area contributed by atoms with Crippen molar-refractivity contribution in [1.29, 1.82) is 0 Å². The van der Waals surface area contributed by atoms with Crippen molar-refractivity contribution < 1.29 is 9.47 Å². The summed E-state index contributed by atoms with van der Waals surface area (Å²) in [5.41, 5.74) is 1.32. The zero-order valence-corrected chi connectivity index (χ0v) is 13.1. The number of aryl methyl sites for hydroxylation is 1. The third kappa shape index (κ3) is 4.41. The molecule has 0 radical (unpaired) electrons. The minimum absolute atomic E-state index is 0.351. The molecule has 2 rings (SSSR count). The molecule has 0 fully saturated rings. The van der Waals surface area contributed by atoms with Crippen LogP contribution in [0.3, 0.4) is 0 Å². The maximum absolute atomic E-state index is 5.42. The van der Waals surface area contributed by atoms with Crippen LogP contribution in [0.5, 0.6) is 11.5 Å². The monoisotopic (exact) mass is 277 g/mol. The Morgan fingerprint density at radius 1 is 1.05 bits per heavy atom. The van der Waals surface area contributed by atoms with Gasteiger partial charge in [-0.05, 0) is 56.7 Å². The van der Waals surface area contributed by atoms with Gasteiger partial charge < -0.3 is 14.8 Å². The molecule has 1 N–H and O–H groups in total. The Kier molecular flexibility index (Phi) is 5.30. The van der Waals surface area contributed by atoms with E-state index in [4.69, 9.17) is 9.47 Å². The number of hydrogen-bond donors (Lipinski definition) is 1. The lowest BCUT2D eigenvalue weighted by Gasteiger charge is -2.21. The number of fused-ring (bicyclic) bond motifs is 1. The third-order valence-corrected chi connectivity index (χ3v) is 3.70. The van der Waals surface area contributed by atoms with Gasteiger partial charge in [-0.25, -0.2) is 0 Å². The topological polar surface area (TPSA) is 30.5 Å². The largest absolute Gasteiger partial charge is 0.454 e. The van der Waals surface area contributed by atoms with Crippen molar-refractivity contribution in [3.05, 3.63) is 23.8 Å². The van der Waals surface area contributed by atoms with E-state index >= 15 is 0 Å². The standard InChI is InChI=1S/C17H27NO2/c1-12(2)9-14(4)18-13(3)5-6-15-7-8-16-17(10-15)20-11-19-16/h7-8,10,12-14,18H,5-6,9,11H2,1-4H3. The molecule has 0 saturated heterocycles. The maximum Gasteiger partial charge on any atom is 0.231 e. The summed E-state index contributed by atoms with van der Waals surface area (Å²) in [7, 11) is 0. The summed E-state index contributed by atoms with van der Waals surface area (Å²) in [4.78, 5) is 0.